The molecule has 0 amide bonds. The molecule has 1 heterocycles. The highest BCUT2D eigenvalue weighted by Gasteiger charge is 2.44. The Balaban J connectivity index is 1.75. The van der Waals surface area contributed by atoms with Gasteiger partial charge in [0.1, 0.15) is 0 Å². The van der Waals surface area contributed by atoms with Crippen LogP contribution in [0.15, 0.2) is 66.7 Å². The number of carboxylic acids is 1. The number of rotatable bonds is 2. The van der Waals surface area contributed by atoms with Gasteiger partial charge in [0.25, 0.3) is 0 Å². The van der Waals surface area contributed by atoms with E-state index >= 15 is 0 Å². The van der Waals surface area contributed by atoms with Gasteiger partial charge in [0.05, 0.1) is 17.3 Å². The van der Waals surface area contributed by atoms with Crippen LogP contribution in [0.2, 0.25) is 5.02 Å². The third kappa shape index (κ3) is 2.46. The van der Waals surface area contributed by atoms with Crippen LogP contribution in [0.25, 0.3) is 0 Å². The fraction of sp³-hybridized carbons (Fsp3) is 0.174. The van der Waals surface area contributed by atoms with E-state index in [-0.39, 0.29) is 12.0 Å². The van der Waals surface area contributed by atoms with E-state index in [4.69, 9.17) is 11.6 Å². The molecule has 3 nitrogen and oxygen atoms in total. The predicted octanol–water partition coefficient (Wildman–Crippen LogP) is 5.51. The first-order valence-corrected chi connectivity index (χ1v) is 9.48. The number of halogens is 1. The molecular formula is C23H18ClNO2. The van der Waals surface area contributed by atoms with Gasteiger partial charge in [-0.1, -0.05) is 66.2 Å². The average Bonchev–Trinajstić information content (AvgIpc) is 3.07. The Morgan fingerprint density at radius 1 is 0.926 bits per heavy atom. The first-order valence-electron chi connectivity index (χ1n) is 9.10. The third-order valence-electron chi connectivity index (χ3n) is 5.90. The Kier molecular flexibility index (Phi) is 3.73. The standard InChI is InChI=1S/C23H18ClNO2/c24-19-11-4-3-8-15(19)21-18-12-13-6-1-2-7-14(13)20(18)16-9-5-10-17(23(26)27)22(16)25-21/h1-11,18,20-21,25H,12H2,(H,26,27)/t18-,20+,21-/m1/s1. The molecule has 0 radical (unpaired) electrons. The number of anilines is 1. The highest BCUT2D eigenvalue weighted by atomic mass is 35.5. The zero-order chi connectivity index (χ0) is 18.5. The number of aromatic carboxylic acids is 1. The van der Waals surface area contributed by atoms with Gasteiger partial charge in [-0.05, 0) is 46.7 Å². The first-order chi connectivity index (χ1) is 13.1. The molecule has 1 aliphatic carbocycles. The van der Waals surface area contributed by atoms with Gasteiger partial charge in [0, 0.05) is 10.9 Å². The van der Waals surface area contributed by atoms with Gasteiger partial charge in [-0.2, -0.15) is 0 Å². The molecule has 0 bridgehead atoms. The molecule has 4 heteroatoms. The van der Waals surface area contributed by atoms with Crippen LogP contribution in [0.3, 0.4) is 0 Å². The van der Waals surface area contributed by atoms with Crippen LogP contribution < -0.4 is 5.32 Å². The molecule has 5 rings (SSSR count). The van der Waals surface area contributed by atoms with Gasteiger partial charge in [-0.3, -0.25) is 0 Å². The first kappa shape index (κ1) is 16.4. The minimum Gasteiger partial charge on any atom is -0.478 e. The number of hydrogen-bond donors (Lipinski definition) is 2. The topological polar surface area (TPSA) is 49.3 Å². The second-order valence-corrected chi connectivity index (χ2v) is 7.67. The van der Waals surface area contributed by atoms with E-state index in [1.54, 1.807) is 6.07 Å². The minimum absolute atomic E-state index is 0.0379. The fourth-order valence-corrected chi connectivity index (χ4v) is 5.05. The van der Waals surface area contributed by atoms with E-state index < -0.39 is 5.97 Å². The van der Waals surface area contributed by atoms with Gasteiger partial charge in [0.15, 0.2) is 0 Å². The lowest BCUT2D eigenvalue weighted by Gasteiger charge is -2.38. The van der Waals surface area contributed by atoms with Crippen molar-refractivity contribution in [2.45, 2.75) is 18.4 Å². The normalized spacial score (nSPS) is 22.3. The number of nitrogens with one attached hydrogen (secondary N) is 1. The summed E-state index contributed by atoms with van der Waals surface area (Å²) >= 11 is 6.53. The maximum atomic E-state index is 11.9. The van der Waals surface area contributed by atoms with Crippen LogP contribution in [0.5, 0.6) is 0 Å². The number of hydrogen-bond acceptors (Lipinski definition) is 2. The van der Waals surface area contributed by atoms with Crippen LogP contribution in [0.4, 0.5) is 5.69 Å². The van der Waals surface area contributed by atoms with Crippen LogP contribution >= 0.6 is 11.6 Å². The maximum Gasteiger partial charge on any atom is 0.337 e. The fourth-order valence-electron chi connectivity index (χ4n) is 4.80. The summed E-state index contributed by atoms with van der Waals surface area (Å²) in [6, 6.07) is 21.9. The van der Waals surface area contributed by atoms with E-state index in [0.717, 1.165) is 17.5 Å². The highest BCUT2D eigenvalue weighted by molar-refractivity contribution is 6.31. The lowest BCUT2D eigenvalue weighted by atomic mass is 9.75. The maximum absolute atomic E-state index is 11.9. The van der Waals surface area contributed by atoms with Crippen molar-refractivity contribution in [3.63, 3.8) is 0 Å². The number of para-hydroxylation sites is 1. The largest absolute Gasteiger partial charge is 0.478 e. The van der Waals surface area contributed by atoms with Crippen molar-refractivity contribution in [3.8, 4) is 0 Å². The molecule has 27 heavy (non-hydrogen) atoms. The Morgan fingerprint density at radius 2 is 1.63 bits per heavy atom. The lowest BCUT2D eigenvalue weighted by molar-refractivity contribution is 0.0697. The molecule has 3 aromatic rings. The molecule has 0 spiro atoms. The van der Waals surface area contributed by atoms with Gasteiger partial charge in [-0.15, -0.1) is 0 Å². The van der Waals surface area contributed by atoms with Crippen molar-refractivity contribution in [2.75, 3.05) is 5.32 Å². The molecule has 0 saturated heterocycles. The van der Waals surface area contributed by atoms with Gasteiger partial charge >= 0.3 is 5.97 Å². The Labute approximate surface area is 162 Å². The smallest absolute Gasteiger partial charge is 0.337 e. The van der Waals surface area contributed by atoms with Crippen molar-refractivity contribution >= 4 is 23.3 Å². The predicted molar refractivity (Wildman–Crippen MR) is 107 cm³/mol. The van der Waals surface area contributed by atoms with Crippen molar-refractivity contribution in [3.05, 3.63) is 99.6 Å². The molecule has 0 aromatic heterocycles. The van der Waals surface area contributed by atoms with E-state index in [9.17, 15) is 9.90 Å². The van der Waals surface area contributed by atoms with Crippen LogP contribution in [0, 0.1) is 5.92 Å². The quantitative estimate of drug-likeness (QED) is 0.621. The number of carbonyl (C=O) groups is 1. The molecule has 0 fully saturated rings. The molecule has 134 valence electrons. The molecule has 3 atom stereocenters. The highest BCUT2D eigenvalue weighted by Crippen LogP contribution is 2.55. The zero-order valence-electron chi connectivity index (χ0n) is 14.5. The lowest BCUT2D eigenvalue weighted by Crippen LogP contribution is -2.31. The summed E-state index contributed by atoms with van der Waals surface area (Å²) in [4.78, 5) is 11.9. The number of carboxylic acid groups (broad SMARTS) is 1. The van der Waals surface area contributed by atoms with Crippen LogP contribution in [0.1, 0.15) is 44.6 Å². The average molecular weight is 376 g/mol. The third-order valence-corrected chi connectivity index (χ3v) is 6.25. The number of benzene rings is 3. The van der Waals surface area contributed by atoms with Crippen molar-refractivity contribution in [1.29, 1.82) is 0 Å². The van der Waals surface area contributed by atoms with Gasteiger partial charge in [0.2, 0.25) is 0 Å². The summed E-state index contributed by atoms with van der Waals surface area (Å²) < 4.78 is 0. The van der Waals surface area contributed by atoms with E-state index in [2.05, 4.69) is 35.6 Å². The minimum atomic E-state index is -0.915. The van der Waals surface area contributed by atoms with Crippen molar-refractivity contribution in [1.82, 2.24) is 0 Å². The zero-order valence-corrected chi connectivity index (χ0v) is 15.3. The second-order valence-electron chi connectivity index (χ2n) is 7.26. The Hall–Kier alpha value is -2.78. The molecule has 2 N–H and O–H groups in total. The summed E-state index contributed by atoms with van der Waals surface area (Å²) in [7, 11) is 0. The molecule has 2 aliphatic rings. The Bertz CT molecular complexity index is 1060. The summed E-state index contributed by atoms with van der Waals surface area (Å²) in [5.74, 6) is -0.459. The van der Waals surface area contributed by atoms with Crippen LogP contribution in [-0.4, -0.2) is 11.1 Å². The second kappa shape index (κ2) is 6.14. The summed E-state index contributed by atoms with van der Waals surface area (Å²) in [6.07, 6.45) is 0.945. The number of fused-ring (bicyclic) bond motifs is 5. The van der Waals surface area contributed by atoms with E-state index in [1.165, 1.54) is 11.1 Å². The Morgan fingerprint density at radius 3 is 2.41 bits per heavy atom. The summed E-state index contributed by atoms with van der Waals surface area (Å²) in [5, 5.41) is 14.0. The SMILES string of the molecule is O=C(O)c1cccc2c1N[C@H](c1ccccc1Cl)[C@@H]1Cc3ccccc3[C@@H]21. The van der Waals surface area contributed by atoms with Crippen molar-refractivity contribution in [2.24, 2.45) is 5.92 Å². The van der Waals surface area contributed by atoms with E-state index in [1.807, 2.05) is 30.3 Å². The summed E-state index contributed by atoms with van der Waals surface area (Å²) in [6.45, 7) is 0. The van der Waals surface area contributed by atoms with Crippen molar-refractivity contribution < 1.29 is 9.90 Å². The van der Waals surface area contributed by atoms with E-state index in [0.29, 0.717) is 22.2 Å². The van der Waals surface area contributed by atoms with Gasteiger partial charge in [-0.25, -0.2) is 4.79 Å². The molecule has 1 aliphatic heterocycles. The summed E-state index contributed by atoms with van der Waals surface area (Å²) in [5.41, 5.74) is 5.74. The monoisotopic (exact) mass is 375 g/mol. The molecule has 0 saturated carbocycles. The van der Waals surface area contributed by atoms with Gasteiger partial charge < -0.3 is 10.4 Å². The molecular weight excluding hydrogens is 358 g/mol. The molecule has 0 unspecified atom stereocenters. The molecule has 3 aromatic carbocycles. The van der Waals surface area contributed by atoms with Crippen LogP contribution in [-0.2, 0) is 6.42 Å².